The second-order valence-corrected chi connectivity index (χ2v) is 4.44. The van der Waals surface area contributed by atoms with Gasteiger partial charge in [0.15, 0.2) is 0 Å². The van der Waals surface area contributed by atoms with E-state index in [1.165, 1.54) is 0 Å². The maximum atomic E-state index is 12.1. The van der Waals surface area contributed by atoms with Crippen LogP contribution in [0.25, 0.3) is 0 Å². The Morgan fingerprint density at radius 1 is 1.39 bits per heavy atom. The maximum absolute atomic E-state index is 12.1. The fourth-order valence-electron chi connectivity index (χ4n) is 1.63. The van der Waals surface area contributed by atoms with Crippen LogP contribution in [0, 0.1) is 6.92 Å². The number of hydrogen-bond donors (Lipinski definition) is 4. The lowest BCUT2D eigenvalue weighted by Gasteiger charge is -2.30. The van der Waals surface area contributed by atoms with Crippen molar-refractivity contribution in [2.45, 2.75) is 25.8 Å². The van der Waals surface area contributed by atoms with E-state index < -0.39 is 5.54 Å². The van der Waals surface area contributed by atoms with Crippen LogP contribution in [0.3, 0.4) is 0 Å². The summed E-state index contributed by atoms with van der Waals surface area (Å²) >= 11 is 0. The van der Waals surface area contributed by atoms with Crippen LogP contribution in [-0.4, -0.2) is 34.9 Å². The number of nitrogens with one attached hydrogen (secondary N) is 1. The summed E-state index contributed by atoms with van der Waals surface area (Å²) in [6, 6.07) is 5.18. The first-order chi connectivity index (χ1) is 8.49. The third-order valence-corrected chi connectivity index (χ3v) is 3.23. The molecule has 0 unspecified atom stereocenters. The summed E-state index contributed by atoms with van der Waals surface area (Å²) in [5.41, 5.74) is 6.42. The molecule has 100 valence electrons. The van der Waals surface area contributed by atoms with Gasteiger partial charge in [0.05, 0.1) is 24.3 Å². The van der Waals surface area contributed by atoms with E-state index in [0.717, 1.165) is 5.56 Å². The molecule has 1 amide bonds. The number of amides is 1. The normalized spacial score (nSPS) is 11.3. The molecule has 0 fully saturated rings. The van der Waals surface area contributed by atoms with Crippen LogP contribution in [0.15, 0.2) is 18.2 Å². The number of aryl methyl sites for hydroxylation is 1. The number of para-hydroxylation sites is 1. The molecule has 0 aromatic heterocycles. The maximum Gasteiger partial charge on any atom is 0.253 e. The Morgan fingerprint density at radius 3 is 2.50 bits per heavy atom. The van der Waals surface area contributed by atoms with Crippen molar-refractivity contribution in [3.63, 3.8) is 0 Å². The Hall–Kier alpha value is -1.59. The summed E-state index contributed by atoms with van der Waals surface area (Å²) in [5, 5.41) is 21.2. The lowest BCUT2D eigenvalue weighted by atomic mass is 9.97. The number of carbonyl (C=O) groups is 1. The number of benzene rings is 1. The predicted molar refractivity (Wildman–Crippen MR) is 70.3 cm³/mol. The topological polar surface area (TPSA) is 95.6 Å². The lowest BCUT2D eigenvalue weighted by molar-refractivity contribution is 0.0653. The number of rotatable bonds is 5. The average molecular weight is 252 g/mol. The third kappa shape index (κ3) is 2.80. The molecule has 0 heterocycles. The highest BCUT2D eigenvalue weighted by atomic mass is 16.3. The molecule has 0 atom stereocenters. The largest absolute Gasteiger partial charge is 0.398 e. The first-order valence-electron chi connectivity index (χ1n) is 5.89. The summed E-state index contributed by atoms with van der Waals surface area (Å²) in [4.78, 5) is 12.1. The average Bonchev–Trinajstić information content (AvgIpc) is 2.39. The van der Waals surface area contributed by atoms with E-state index in [1.54, 1.807) is 19.1 Å². The van der Waals surface area contributed by atoms with Gasteiger partial charge in [0.25, 0.3) is 5.91 Å². The van der Waals surface area contributed by atoms with Crippen LogP contribution in [0.5, 0.6) is 0 Å². The third-order valence-electron chi connectivity index (χ3n) is 3.23. The fraction of sp³-hybridized carbons (Fsp3) is 0.462. The van der Waals surface area contributed by atoms with Crippen molar-refractivity contribution in [1.29, 1.82) is 0 Å². The number of nitrogens with two attached hydrogens (primary N) is 1. The van der Waals surface area contributed by atoms with Gasteiger partial charge in [0, 0.05) is 5.69 Å². The molecule has 0 saturated carbocycles. The summed E-state index contributed by atoms with van der Waals surface area (Å²) in [6.07, 6.45) is 0.428. The van der Waals surface area contributed by atoms with Gasteiger partial charge >= 0.3 is 0 Å². The Kier molecular flexibility index (Phi) is 4.69. The monoisotopic (exact) mass is 252 g/mol. The van der Waals surface area contributed by atoms with E-state index in [9.17, 15) is 15.0 Å². The number of hydrogen-bond acceptors (Lipinski definition) is 4. The molecule has 0 aliphatic carbocycles. The van der Waals surface area contributed by atoms with Gasteiger partial charge in [-0.05, 0) is 25.0 Å². The van der Waals surface area contributed by atoms with Gasteiger partial charge in [-0.3, -0.25) is 4.79 Å². The van der Waals surface area contributed by atoms with Crippen LogP contribution in [0.1, 0.15) is 29.3 Å². The zero-order valence-corrected chi connectivity index (χ0v) is 10.7. The highest BCUT2D eigenvalue weighted by Gasteiger charge is 2.29. The molecule has 0 bridgehead atoms. The van der Waals surface area contributed by atoms with Gasteiger partial charge in [-0.1, -0.05) is 19.1 Å². The van der Waals surface area contributed by atoms with Crippen LogP contribution < -0.4 is 11.1 Å². The Bertz CT molecular complexity index is 420. The minimum Gasteiger partial charge on any atom is -0.398 e. The molecule has 1 rings (SSSR count). The Labute approximate surface area is 107 Å². The van der Waals surface area contributed by atoms with Gasteiger partial charge in [0.2, 0.25) is 0 Å². The minimum absolute atomic E-state index is 0.322. The molecule has 18 heavy (non-hydrogen) atoms. The Morgan fingerprint density at radius 2 is 2.00 bits per heavy atom. The molecular weight excluding hydrogens is 232 g/mol. The van der Waals surface area contributed by atoms with E-state index in [-0.39, 0.29) is 19.1 Å². The van der Waals surface area contributed by atoms with Crippen molar-refractivity contribution in [3.8, 4) is 0 Å². The van der Waals surface area contributed by atoms with Crippen LogP contribution >= 0.6 is 0 Å². The number of nitrogen functional groups attached to an aromatic ring is 1. The zero-order valence-electron chi connectivity index (χ0n) is 10.7. The zero-order chi connectivity index (χ0) is 13.8. The summed E-state index contributed by atoms with van der Waals surface area (Å²) < 4.78 is 0. The second-order valence-electron chi connectivity index (χ2n) is 4.44. The predicted octanol–water partition coefficient (Wildman–Crippen LogP) is 0.440. The molecule has 0 spiro atoms. The SMILES string of the molecule is CCC(CO)(CO)NC(=O)c1cccc(C)c1N. The van der Waals surface area contributed by atoms with Crippen molar-refractivity contribution >= 4 is 11.6 Å². The number of aliphatic hydroxyl groups is 2. The molecule has 0 aliphatic heterocycles. The van der Waals surface area contributed by atoms with Crippen molar-refractivity contribution in [2.24, 2.45) is 0 Å². The lowest BCUT2D eigenvalue weighted by Crippen LogP contribution is -2.53. The van der Waals surface area contributed by atoms with Gasteiger partial charge in [0.1, 0.15) is 0 Å². The van der Waals surface area contributed by atoms with Crippen LogP contribution in [0.2, 0.25) is 0 Å². The first-order valence-corrected chi connectivity index (χ1v) is 5.89. The van der Waals surface area contributed by atoms with E-state index in [2.05, 4.69) is 5.32 Å². The van der Waals surface area contributed by atoms with Crippen molar-refractivity contribution in [2.75, 3.05) is 18.9 Å². The molecule has 0 aliphatic rings. The quantitative estimate of drug-likeness (QED) is 0.572. The fourth-order valence-corrected chi connectivity index (χ4v) is 1.63. The highest BCUT2D eigenvalue weighted by molar-refractivity contribution is 6.00. The number of anilines is 1. The molecule has 5 nitrogen and oxygen atoms in total. The smallest absolute Gasteiger partial charge is 0.253 e. The summed E-state index contributed by atoms with van der Waals surface area (Å²) in [7, 11) is 0. The molecule has 1 aromatic carbocycles. The molecule has 5 N–H and O–H groups in total. The van der Waals surface area contributed by atoms with E-state index in [1.807, 2.05) is 13.0 Å². The number of carbonyl (C=O) groups excluding carboxylic acids is 1. The highest BCUT2D eigenvalue weighted by Crippen LogP contribution is 2.18. The summed E-state index contributed by atoms with van der Waals surface area (Å²) in [6.45, 7) is 2.96. The van der Waals surface area contributed by atoms with Crippen molar-refractivity contribution in [3.05, 3.63) is 29.3 Å². The van der Waals surface area contributed by atoms with E-state index in [0.29, 0.717) is 17.7 Å². The second kappa shape index (κ2) is 5.84. The van der Waals surface area contributed by atoms with Gasteiger partial charge in [-0.25, -0.2) is 0 Å². The van der Waals surface area contributed by atoms with Gasteiger partial charge in [-0.15, -0.1) is 0 Å². The van der Waals surface area contributed by atoms with Crippen molar-refractivity contribution < 1.29 is 15.0 Å². The Balaban J connectivity index is 2.98. The molecule has 0 radical (unpaired) electrons. The van der Waals surface area contributed by atoms with Gasteiger partial charge < -0.3 is 21.3 Å². The van der Waals surface area contributed by atoms with Crippen molar-refractivity contribution in [1.82, 2.24) is 5.32 Å². The molecular formula is C13H20N2O3. The summed E-state index contributed by atoms with van der Waals surface area (Å²) in [5.74, 6) is -0.388. The van der Waals surface area contributed by atoms with E-state index >= 15 is 0 Å². The standard InChI is InChI=1S/C13H20N2O3/c1-3-13(7-16,8-17)15-12(18)10-6-4-5-9(2)11(10)14/h4-6,16-17H,3,7-8,14H2,1-2H3,(H,15,18). The van der Waals surface area contributed by atoms with Crippen LogP contribution in [-0.2, 0) is 0 Å². The van der Waals surface area contributed by atoms with E-state index in [4.69, 9.17) is 5.73 Å². The molecule has 0 saturated heterocycles. The minimum atomic E-state index is -1.01. The first kappa shape index (κ1) is 14.5. The number of aliphatic hydroxyl groups excluding tert-OH is 2. The molecule has 5 heteroatoms. The van der Waals surface area contributed by atoms with Crippen LogP contribution in [0.4, 0.5) is 5.69 Å². The van der Waals surface area contributed by atoms with Gasteiger partial charge in [-0.2, -0.15) is 0 Å². The molecule has 1 aromatic rings.